The van der Waals surface area contributed by atoms with E-state index >= 15 is 0 Å². The van der Waals surface area contributed by atoms with Gasteiger partial charge in [-0.05, 0) is 12.8 Å². The normalized spacial score (nSPS) is 19.9. The van der Waals surface area contributed by atoms with Crippen LogP contribution in [0.25, 0.3) is 0 Å². The van der Waals surface area contributed by atoms with Crippen LogP contribution in [-0.2, 0) is 16.1 Å². The SMILES string of the molecule is CCC1c2nccn2CCCN1C(=O)COC. The summed E-state index contributed by atoms with van der Waals surface area (Å²) in [5.74, 6) is 1.05. The maximum absolute atomic E-state index is 12.0. The molecule has 2 rings (SSSR count). The number of hydrogen-bond acceptors (Lipinski definition) is 3. The van der Waals surface area contributed by atoms with E-state index in [9.17, 15) is 4.79 Å². The zero-order valence-corrected chi connectivity index (χ0v) is 10.4. The number of rotatable bonds is 3. The Morgan fingerprint density at radius 1 is 1.59 bits per heavy atom. The smallest absolute Gasteiger partial charge is 0.249 e. The highest BCUT2D eigenvalue weighted by Gasteiger charge is 2.28. The molecule has 1 atom stereocenters. The Hall–Kier alpha value is -1.36. The van der Waals surface area contributed by atoms with Gasteiger partial charge in [0.15, 0.2) is 0 Å². The number of methoxy groups -OCH3 is 1. The summed E-state index contributed by atoms with van der Waals surface area (Å²) in [6.45, 7) is 3.95. The van der Waals surface area contributed by atoms with Crippen molar-refractivity contribution in [1.82, 2.24) is 14.5 Å². The highest BCUT2D eigenvalue weighted by atomic mass is 16.5. The first kappa shape index (κ1) is 12.1. The summed E-state index contributed by atoms with van der Waals surface area (Å²) >= 11 is 0. The van der Waals surface area contributed by atoms with Crippen molar-refractivity contribution in [2.75, 3.05) is 20.3 Å². The monoisotopic (exact) mass is 237 g/mol. The Labute approximate surface area is 101 Å². The second kappa shape index (κ2) is 5.31. The Balaban J connectivity index is 2.25. The number of nitrogens with zero attached hydrogens (tertiary/aromatic N) is 3. The first-order valence-corrected chi connectivity index (χ1v) is 6.07. The first-order valence-electron chi connectivity index (χ1n) is 6.07. The number of ether oxygens (including phenoxy) is 1. The van der Waals surface area contributed by atoms with Gasteiger partial charge in [0.2, 0.25) is 5.91 Å². The van der Waals surface area contributed by atoms with Crippen LogP contribution in [0.1, 0.15) is 31.6 Å². The maximum atomic E-state index is 12.0. The lowest BCUT2D eigenvalue weighted by atomic mass is 10.1. The summed E-state index contributed by atoms with van der Waals surface area (Å²) in [5, 5.41) is 0. The van der Waals surface area contributed by atoms with Gasteiger partial charge in [0, 0.05) is 32.6 Å². The molecule has 1 aliphatic heterocycles. The summed E-state index contributed by atoms with van der Waals surface area (Å²) in [5.41, 5.74) is 0. The third-order valence-electron chi connectivity index (χ3n) is 3.19. The van der Waals surface area contributed by atoms with Crippen molar-refractivity contribution in [3.8, 4) is 0 Å². The fourth-order valence-electron chi connectivity index (χ4n) is 2.42. The fraction of sp³-hybridized carbons (Fsp3) is 0.667. The van der Waals surface area contributed by atoms with Crippen LogP contribution < -0.4 is 0 Å². The molecule has 1 amide bonds. The van der Waals surface area contributed by atoms with E-state index in [0.29, 0.717) is 0 Å². The van der Waals surface area contributed by atoms with Crippen LogP contribution in [0.3, 0.4) is 0 Å². The number of imidazole rings is 1. The van der Waals surface area contributed by atoms with Crippen LogP contribution in [0.5, 0.6) is 0 Å². The molecule has 0 N–H and O–H groups in total. The average molecular weight is 237 g/mol. The van der Waals surface area contributed by atoms with Crippen LogP contribution >= 0.6 is 0 Å². The molecule has 5 heteroatoms. The average Bonchev–Trinajstić information content (AvgIpc) is 2.70. The fourth-order valence-corrected chi connectivity index (χ4v) is 2.42. The lowest BCUT2D eigenvalue weighted by Gasteiger charge is -2.28. The molecular formula is C12H19N3O2. The topological polar surface area (TPSA) is 47.4 Å². The Morgan fingerprint density at radius 3 is 3.12 bits per heavy atom. The molecule has 0 aromatic carbocycles. The van der Waals surface area contributed by atoms with Crippen molar-refractivity contribution in [1.29, 1.82) is 0 Å². The second-order valence-electron chi connectivity index (χ2n) is 4.28. The Morgan fingerprint density at radius 2 is 2.41 bits per heavy atom. The van der Waals surface area contributed by atoms with Crippen molar-refractivity contribution in [3.05, 3.63) is 18.2 Å². The van der Waals surface area contributed by atoms with Crippen molar-refractivity contribution in [3.63, 3.8) is 0 Å². The van der Waals surface area contributed by atoms with E-state index in [1.54, 1.807) is 7.11 Å². The van der Waals surface area contributed by atoms with Gasteiger partial charge in [-0.25, -0.2) is 4.98 Å². The molecular weight excluding hydrogens is 218 g/mol. The zero-order chi connectivity index (χ0) is 12.3. The minimum Gasteiger partial charge on any atom is -0.375 e. The predicted octanol–water partition coefficient (Wildman–Crippen LogP) is 1.21. The molecule has 5 nitrogen and oxygen atoms in total. The van der Waals surface area contributed by atoms with Gasteiger partial charge in [-0.15, -0.1) is 0 Å². The molecule has 17 heavy (non-hydrogen) atoms. The third-order valence-corrected chi connectivity index (χ3v) is 3.19. The van der Waals surface area contributed by atoms with Crippen LogP contribution in [0.15, 0.2) is 12.4 Å². The van der Waals surface area contributed by atoms with Gasteiger partial charge >= 0.3 is 0 Å². The van der Waals surface area contributed by atoms with Crippen LogP contribution in [0.2, 0.25) is 0 Å². The lowest BCUT2D eigenvalue weighted by Crippen LogP contribution is -2.37. The van der Waals surface area contributed by atoms with Gasteiger partial charge < -0.3 is 14.2 Å². The summed E-state index contributed by atoms with van der Waals surface area (Å²) in [6.07, 6.45) is 5.65. The molecule has 0 fully saturated rings. The first-order chi connectivity index (χ1) is 8.27. The lowest BCUT2D eigenvalue weighted by molar-refractivity contribution is -0.137. The van der Waals surface area contributed by atoms with E-state index in [-0.39, 0.29) is 18.6 Å². The van der Waals surface area contributed by atoms with Crippen molar-refractivity contribution in [2.24, 2.45) is 0 Å². The van der Waals surface area contributed by atoms with Crippen molar-refractivity contribution >= 4 is 5.91 Å². The number of carbonyl (C=O) groups is 1. The molecule has 1 aliphatic rings. The van der Waals surface area contributed by atoms with Crippen LogP contribution in [0, 0.1) is 0 Å². The third kappa shape index (κ3) is 2.34. The minimum atomic E-state index is 0.0517. The highest BCUT2D eigenvalue weighted by Crippen LogP contribution is 2.26. The highest BCUT2D eigenvalue weighted by molar-refractivity contribution is 5.77. The number of amides is 1. The number of aromatic nitrogens is 2. The Kier molecular flexibility index (Phi) is 3.78. The summed E-state index contributed by atoms with van der Waals surface area (Å²) < 4.78 is 7.09. The van der Waals surface area contributed by atoms with Gasteiger partial charge in [0.05, 0.1) is 6.04 Å². The molecule has 1 aromatic rings. The molecule has 0 radical (unpaired) electrons. The van der Waals surface area contributed by atoms with Crippen molar-refractivity contribution in [2.45, 2.75) is 32.4 Å². The molecule has 2 heterocycles. The van der Waals surface area contributed by atoms with Gasteiger partial charge in [-0.3, -0.25) is 4.79 Å². The second-order valence-corrected chi connectivity index (χ2v) is 4.28. The van der Waals surface area contributed by atoms with Crippen LogP contribution in [0.4, 0.5) is 0 Å². The van der Waals surface area contributed by atoms with Gasteiger partial charge in [-0.1, -0.05) is 6.92 Å². The van der Waals surface area contributed by atoms with Gasteiger partial charge in [0.1, 0.15) is 12.4 Å². The number of aryl methyl sites for hydroxylation is 1. The minimum absolute atomic E-state index is 0.0517. The molecule has 1 unspecified atom stereocenters. The largest absolute Gasteiger partial charge is 0.375 e. The zero-order valence-electron chi connectivity index (χ0n) is 10.4. The van der Waals surface area contributed by atoms with Crippen molar-refractivity contribution < 1.29 is 9.53 Å². The Bertz CT molecular complexity index is 389. The summed E-state index contributed by atoms with van der Waals surface area (Å²) in [4.78, 5) is 18.3. The van der Waals surface area contributed by atoms with Gasteiger partial charge in [0.25, 0.3) is 0 Å². The van der Waals surface area contributed by atoms with E-state index < -0.39 is 0 Å². The molecule has 0 spiro atoms. The molecule has 0 saturated carbocycles. The standard InChI is InChI=1S/C12H19N3O2/c1-3-10-12-13-5-8-14(12)6-4-7-15(10)11(16)9-17-2/h5,8,10H,3-4,6-7,9H2,1-2H3. The quantitative estimate of drug-likeness (QED) is 0.794. The molecule has 1 aromatic heterocycles. The van der Waals surface area contributed by atoms with Gasteiger partial charge in [-0.2, -0.15) is 0 Å². The number of hydrogen-bond donors (Lipinski definition) is 0. The van der Waals surface area contributed by atoms with E-state index in [0.717, 1.165) is 31.8 Å². The van der Waals surface area contributed by atoms with E-state index in [1.165, 1.54) is 0 Å². The molecule has 0 saturated heterocycles. The number of carbonyl (C=O) groups excluding carboxylic acids is 1. The van der Waals surface area contributed by atoms with E-state index in [1.807, 2.05) is 17.3 Å². The van der Waals surface area contributed by atoms with E-state index in [4.69, 9.17) is 4.74 Å². The number of fused-ring (bicyclic) bond motifs is 1. The summed E-state index contributed by atoms with van der Waals surface area (Å²) in [6, 6.07) is 0.0788. The molecule has 0 bridgehead atoms. The predicted molar refractivity (Wildman–Crippen MR) is 63.5 cm³/mol. The van der Waals surface area contributed by atoms with Crippen LogP contribution in [-0.4, -0.2) is 40.6 Å². The maximum Gasteiger partial charge on any atom is 0.249 e. The van der Waals surface area contributed by atoms with E-state index in [2.05, 4.69) is 16.5 Å². The molecule has 94 valence electrons. The molecule has 0 aliphatic carbocycles. The summed E-state index contributed by atoms with van der Waals surface area (Å²) in [7, 11) is 1.55.